The first-order valence-electron chi connectivity index (χ1n) is 11.6. The minimum absolute atomic E-state index is 0.0149. The second-order valence-electron chi connectivity index (χ2n) is 8.88. The highest BCUT2D eigenvalue weighted by Crippen LogP contribution is 2.52. The lowest BCUT2D eigenvalue weighted by molar-refractivity contribution is -0.286. The first-order chi connectivity index (χ1) is 18.1. The molecule has 0 spiro atoms. The minimum Gasteiger partial charge on any atom is -0.508 e. The number of ether oxygens (including phenoxy) is 3. The van der Waals surface area contributed by atoms with Crippen LogP contribution < -0.4 is 19.5 Å². The third kappa shape index (κ3) is 4.54. The summed E-state index contributed by atoms with van der Waals surface area (Å²) >= 11 is 0. The van der Waals surface area contributed by atoms with Crippen LogP contribution in [0.3, 0.4) is 0 Å². The van der Waals surface area contributed by atoms with Gasteiger partial charge in [-0.05, 0) is 79.1 Å². The number of amides is 1. The van der Waals surface area contributed by atoms with Gasteiger partial charge in [-0.15, -0.1) is 8.78 Å². The van der Waals surface area contributed by atoms with Crippen molar-refractivity contribution in [3.05, 3.63) is 83.4 Å². The van der Waals surface area contributed by atoms with Crippen LogP contribution >= 0.6 is 0 Å². The minimum atomic E-state index is -3.95. The van der Waals surface area contributed by atoms with Crippen molar-refractivity contribution < 1.29 is 38.0 Å². The van der Waals surface area contributed by atoms with Crippen molar-refractivity contribution in [3.63, 3.8) is 0 Å². The van der Waals surface area contributed by atoms with E-state index in [1.54, 1.807) is 43.3 Å². The van der Waals surface area contributed by atoms with Crippen LogP contribution in [0.4, 0.5) is 14.5 Å². The SMILES string of the molecule is COc1cc(-c2ccc(NC(=O)c3cc(C)ccc3O)c3c2OC(F)(F)O3)c(C)cc1-c1ccc(O)cc1. The zero-order valence-electron chi connectivity index (χ0n) is 20.6. The first kappa shape index (κ1) is 24.9. The predicted molar refractivity (Wildman–Crippen MR) is 137 cm³/mol. The Labute approximate surface area is 216 Å². The molecule has 9 heteroatoms. The van der Waals surface area contributed by atoms with E-state index < -0.39 is 12.2 Å². The number of rotatable bonds is 5. The Kier molecular flexibility index (Phi) is 6.06. The number of alkyl halides is 2. The molecule has 0 saturated heterocycles. The third-order valence-corrected chi connectivity index (χ3v) is 6.21. The van der Waals surface area contributed by atoms with E-state index in [9.17, 15) is 23.8 Å². The molecule has 0 bridgehead atoms. The van der Waals surface area contributed by atoms with Crippen LogP contribution in [-0.4, -0.2) is 29.5 Å². The number of hydrogen-bond acceptors (Lipinski definition) is 6. The standard InChI is InChI=1S/C29H23F2NO6/c1-15-4-11-24(34)22(12-15)28(35)32-23-10-9-19(26-27(23)38-29(30,31)37-26)20-14-25(36-3)21(13-16(20)2)17-5-7-18(33)8-6-17/h4-14,33-34H,1-3H3,(H,32,35). The van der Waals surface area contributed by atoms with E-state index in [1.807, 2.05) is 13.0 Å². The fraction of sp³-hybridized carbons (Fsp3) is 0.138. The maximum Gasteiger partial charge on any atom is 0.586 e. The quantitative estimate of drug-likeness (QED) is 0.274. The number of fused-ring (bicyclic) bond motifs is 1. The van der Waals surface area contributed by atoms with Gasteiger partial charge >= 0.3 is 6.29 Å². The summed E-state index contributed by atoms with van der Waals surface area (Å²) in [6.45, 7) is 3.57. The molecule has 1 aliphatic heterocycles. The monoisotopic (exact) mass is 519 g/mol. The molecule has 1 amide bonds. The molecule has 0 radical (unpaired) electrons. The van der Waals surface area contributed by atoms with E-state index >= 15 is 0 Å². The van der Waals surface area contributed by atoms with Crippen LogP contribution in [0.5, 0.6) is 28.7 Å². The molecule has 0 saturated carbocycles. The van der Waals surface area contributed by atoms with Crippen LogP contribution in [0.15, 0.2) is 66.7 Å². The van der Waals surface area contributed by atoms with Crippen LogP contribution in [0.25, 0.3) is 22.3 Å². The zero-order chi connectivity index (χ0) is 27.2. The van der Waals surface area contributed by atoms with Crippen molar-refractivity contribution in [1.29, 1.82) is 0 Å². The lowest BCUT2D eigenvalue weighted by Gasteiger charge is -2.16. The number of aryl methyl sites for hydroxylation is 2. The molecular weight excluding hydrogens is 496 g/mol. The zero-order valence-corrected chi connectivity index (χ0v) is 20.6. The molecule has 0 aliphatic carbocycles. The van der Waals surface area contributed by atoms with Gasteiger partial charge in [-0.25, -0.2) is 0 Å². The number of nitrogens with one attached hydrogen (secondary N) is 1. The first-order valence-corrected chi connectivity index (χ1v) is 11.6. The van der Waals surface area contributed by atoms with Crippen LogP contribution in [0, 0.1) is 13.8 Å². The summed E-state index contributed by atoms with van der Waals surface area (Å²) in [6.07, 6.45) is -3.95. The molecule has 3 N–H and O–H groups in total. The molecule has 7 nitrogen and oxygen atoms in total. The van der Waals surface area contributed by atoms with Crippen molar-refractivity contribution in [3.8, 4) is 51.0 Å². The predicted octanol–water partition coefficient (Wildman–Crippen LogP) is 6.63. The molecule has 194 valence electrons. The Morgan fingerprint density at radius 2 is 1.58 bits per heavy atom. The number of carbonyl (C=O) groups is 1. The second kappa shape index (κ2) is 9.26. The largest absolute Gasteiger partial charge is 0.586 e. The van der Waals surface area contributed by atoms with E-state index in [-0.39, 0.29) is 34.2 Å². The Morgan fingerprint density at radius 3 is 2.29 bits per heavy atom. The maximum absolute atomic E-state index is 14.3. The third-order valence-electron chi connectivity index (χ3n) is 6.21. The topological polar surface area (TPSA) is 97.3 Å². The maximum atomic E-state index is 14.3. The molecule has 5 rings (SSSR count). The Hall–Kier alpha value is -4.79. The Balaban J connectivity index is 1.58. The smallest absolute Gasteiger partial charge is 0.508 e. The molecule has 0 fully saturated rings. The summed E-state index contributed by atoms with van der Waals surface area (Å²) in [7, 11) is 1.50. The van der Waals surface area contributed by atoms with Crippen molar-refractivity contribution in [1.82, 2.24) is 0 Å². The molecule has 38 heavy (non-hydrogen) atoms. The number of phenolic OH excluding ortho intramolecular Hbond substituents is 2. The average molecular weight is 520 g/mol. The van der Waals surface area contributed by atoms with Gasteiger partial charge in [0.25, 0.3) is 5.91 Å². The number of methoxy groups -OCH3 is 1. The normalized spacial score (nSPS) is 13.3. The molecule has 0 atom stereocenters. The van der Waals surface area contributed by atoms with Gasteiger partial charge in [0.05, 0.1) is 18.4 Å². The summed E-state index contributed by atoms with van der Waals surface area (Å²) in [5.41, 5.74) is 3.81. The van der Waals surface area contributed by atoms with Gasteiger partial charge in [0.2, 0.25) is 0 Å². The van der Waals surface area contributed by atoms with E-state index in [1.165, 1.54) is 31.4 Å². The lowest BCUT2D eigenvalue weighted by Crippen LogP contribution is -2.26. The number of hydrogen-bond donors (Lipinski definition) is 3. The van der Waals surface area contributed by atoms with Crippen LogP contribution in [0.2, 0.25) is 0 Å². The second-order valence-corrected chi connectivity index (χ2v) is 8.88. The van der Waals surface area contributed by atoms with Crippen molar-refractivity contribution in [2.75, 3.05) is 12.4 Å². The van der Waals surface area contributed by atoms with Gasteiger partial charge in [0.15, 0.2) is 11.5 Å². The van der Waals surface area contributed by atoms with Crippen LogP contribution in [-0.2, 0) is 0 Å². The molecular formula is C29H23F2NO6. The lowest BCUT2D eigenvalue weighted by atomic mass is 9.93. The van der Waals surface area contributed by atoms with Crippen molar-refractivity contribution in [2.45, 2.75) is 20.1 Å². The summed E-state index contributed by atoms with van der Waals surface area (Å²) in [5, 5.41) is 22.2. The van der Waals surface area contributed by atoms with Gasteiger partial charge in [-0.3, -0.25) is 4.79 Å². The molecule has 0 unspecified atom stereocenters. The molecule has 4 aromatic carbocycles. The summed E-state index contributed by atoms with van der Waals surface area (Å²) in [6, 6.07) is 17.6. The summed E-state index contributed by atoms with van der Waals surface area (Å²) in [4.78, 5) is 12.8. The van der Waals surface area contributed by atoms with Crippen molar-refractivity contribution in [2.24, 2.45) is 0 Å². The van der Waals surface area contributed by atoms with Crippen molar-refractivity contribution >= 4 is 11.6 Å². The van der Waals surface area contributed by atoms with Gasteiger partial charge in [-0.2, -0.15) is 0 Å². The summed E-state index contributed by atoms with van der Waals surface area (Å²) < 4.78 is 43.9. The number of anilines is 1. The molecule has 4 aromatic rings. The highest BCUT2D eigenvalue weighted by molar-refractivity contribution is 6.07. The summed E-state index contributed by atoms with van der Waals surface area (Å²) in [5.74, 6) is -0.934. The van der Waals surface area contributed by atoms with Gasteiger partial charge in [0.1, 0.15) is 17.2 Å². The Bertz CT molecular complexity index is 1570. The number of phenols is 2. The Morgan fingerprint density at radius 1 is 0.868 bits per heavy atom. The van der Waals surface area contributed by atoms with Gasteiger partial charge in [0, 0.05) is 11.1 Å². The van der Waals surface area contributed by atoms with E-state index in [2.05, 4.69) is 5.32 Å². The van der Waals surface area contributed by atoms with Gasteiger partial charge in [-0.1, -0.05) is 23.8 Å². The van der Waals surface area contributed by atoms with Crippen LogP contribution in [0.1, 0.15) is 21.5 Å². The van der Waals surface area contributed by atoms with E-state index in [0.717, 1.165) is 22.3 Å². The average Bonchev–Trinajstić information content (AvgIpc) is 3.21. The molecule has 1 heterocycles. The highest BCUT2D eigenvalue weighted by Gasteiger charge is 2.46. The van der Waals surface area contributed by atoms with Gasteiger partial charge < -0.3 is 29.7 Å². The molecule has 0 aromatic heterocycles. The van der Waals surface area contributed by atoms with E-state index in [0.29, 0.717) is 16.9 Å². The number of aromatic hydroxyl groups is 2. The number of halogens is 2. The number of carbonyl (C=O) groups excluding carboxylic acids is 1. The highest BCUT2D eigenvalue weighted by atomic mass is 19.3. The molecule has 1 aliphatic rings. The fourth-order valence-electron chi connectivity index (χ4n) is 4.37. The number of benzene rings is 4. The van der Waals surface area contributed by atoms with E-state index in [4.69, 9.17) is 14.2 Å². The fourth-order valence-corrected chi connectivity index (χ4v) is 4.37.